The van der Waals surface area contributed by atoms with Gasteiger partial charge < -0.3 is 15.5 Å². The number of unbranched alkanes of at least 4 members (excludes halogenated alkanes) is 2. The van der Waals surface area contributed by atoms with Crippen LogP contribution in [0.15, 0.2) is 0 Å². The minimum Gasteiger partial charge on any atom is -0.314 e. The SMILES string of the molecule is CCCCCC1(N2CC(=O)NC2=S)N(C#N)CCNC1(C)C. The van der Waals surface area contributed by atoms with Crippen molar-refractivity contribution < 1.29 is 4.79 Å². The number of piperazine rings is 1. The number of rotatable bonds is 5. The molecule has 2 rings (SSSR count). The van der Waals surface area contributed by atoms with Gasteiger partial charge in [0.05, 0.1) is 5.54 Å². The van der Waals surface area contributed by atoms with Gasteiger partial charge in [0.2, 0.25) is 5.91 Å². The second-order valence-electron chi connectivity index (χ2n) is 6.52. The van der Waals surface area contributed by atoms with Crippen LogP contribution in [0.3, 0.4) is 0 Å². The summed E-state index contributed by atoms with van der Waals surface area (Å²) in [5, 5.41) is 16.4. The average molecular weight is 323 g/mol. The van der Waals surface area contributed by atoms with Crippen LogP contribution in [0.4, 0.5) is 0 Å². The Balaban J connectivity index is 2.44. The molecule has 1 unspecified atom stereocenters. The molecule has 7 heteroatoms. The van der Waals surface area contributed by atoms with Crippen molar-refractivity contribution in [1.82, 2.24) is 20.4 Å². The topological polar surface area (TPSA) is 71.4 Å². The highest BCUT2D eigenvalue weighted by Gasteiger charge is 2.57. The highest BCUT2D eigenvalue weighted by atomic mass is 32.1. The molecule has 1 atom stereocenters. The number of amides is 1. The van der Waals surface area contributed by atoms with E-state index in [2.05, 4.69) is 37.6 Å². The lowest BCUT2D eigenvalue weighted by Gasteiger charge is -2.59. The van der Waals surface area contributed by atoms with Gasteiger partial charge in [0.25, 0.3) is 0 Å². The van der Waals surface area contributed by atoms with E-state index in [0.717, 1.165) is 32.2 Å². The molecule has 2 saturated heterocycles. The van der Waals surface area contributed by atoms with Crippen LogP contribution in [0.1, 0.15) is 46.5 Å². The van der Waals surface area contributed by atoms with Crippen molar-refractivity contribution in [3.63, 3.8) is 0 Å². The Kier molecular flexibility index (Phi) is 4.93. The third-order valence-corrected chi connectivity index (χ3v) is 5.16. The van der Waals surface area contributed by atoms with Gasteiger partial charge in [-0.3, -0.25) is 9.69 Å². The molecule has 2 N–H and O–H groups in total. The Morgan fingerprint density at radius 3 is 2.68 bits per heavy atom. The Hall–Kier alpha value is -1.39. The van der Waals surface area contributed by atoms with E-state index < -0.39 is 5.66 Å². The van der Waals surface area contributed by atoms with Gasteiger partial charge in [-0.2, -0.15) is 5.26 Å². The van der Waals surface area contributed by atoms with Crippen LogP contribution in [-0.2, 0) is 4.79 Å². The van der Waals surface area contributed by atoms with Crippen LogP contribution in [-0.4, -0.2) is 51.7 Å². The van der Waals surface area contributed by atoms with Gasteiger partial charge >= 0.3 is 0 Å². The van der Waals surface area contributed by atoms with E-state index in [-0.39, 0.29) is 18.0 Å². The maximum absolute atomic E-state index is 11.8. The molecule has 0 bridgehead atoms. The number of thiocarbonyl (C=S) groups is 1. The second-order valence-corrected chi connectivity index (χ2v) is 6.90. The number of nitrogens with zero attached hydrogens (tertiary/aromatic N) is 3. The summed E-state index contributed by atoms with van der Waals surface area (Å²) in [6.45, 7) is 7.93. The number of nitriles is 1. The quantitative estimate of drug-likeness (QED) is 0.449. The Bertz CT molecular complexity index is 501. The van der Waals surface area contributed by atoms with E-state index in [9.17, 15) is 10.1 Å². The molecular formula is C15H25N5OS. The van der Waals surface area contributed by atoms with Crippen LogP contribution in [0, 0.1) is 11.5 Å². The van der Waals surface area contributed by atoms with Gasteiger partial charge in [-0.05, 0) is 38.9 Å². The fraction of sp³-hybridized carbons (Fsp3) is 0.800. The standard InChI is InChI=1S/C15H25N5OS/c1-4-5-6-7-15(20-10-12(21)18-13(20)22)14(2,3)17-8-9-19(15)11-16/h17H,4-10H2,1-3H3,(H,18,21,22). The predicted octanol–water partition coefficient (Wildman–Crippen LogP) is 1.14. The van der Waals surface area contributed by atoms with E-state index in [1.807, 2.05) is 9.80 Å². The number of carbonyl (C=O) groups excluding carboxylic acids is 1. The van der Waals surface area contributed by atoms with Crippen molar-refractivity contribution >= 4 is 23.2 Å². The lowest BCUT2D eigenvalue weighted by molar-refractivity contribution is -0.122. The summed E-state index contributed by atoms with van der Waals surface area (Å²) in [4.78, 5) is 15.5. The molecule has 0 aromatic rings. The van der Waals surface area contributed by atoms with Gasteiger partial charge in [0, 0.05) is 13.1 Å². The molecule has 2 aliphatic heterocycles. The first-order chi connectivity index (χ1) is 10.4. The van der Waals surface area contributed by atoms with Crippen molar-refractivity contribution in [2.24, 2.45) is 0 Å². The second kappa shape index (κ2) is 6.39. The van der Waals surface area contributed by atoms with Crippen LogP contribution >= 0.6 is 12.2 Å². The third-order valence-electron chi connectivity index (χ3n) is 4.84. The zero-order chi connectivity index (χ0) is 16.4. The molecule has 0 radical (unpaired) electrons. The first-order valence-corrected chi connectivity index (χ1v) is 8.33. The highest BCUT2D eigenvalue weighted by Crippen LogP contribution is 2.40. The summed E-state index contributed by atoms with van der Waals surface area (Å²) in [6, 6.07) is 0. The van der Waals surface area contributed by atoms with Crippen molar-refractivity contribution in [2.75, 3.05) is 19.6 Å². The third kappa shape index (κ3) is 2.66. The molecule has 1 amide bonds. The first kappa shape index (κ1) is 17.0. The zero-order valence-corrected chi connectivity index (χ0v) is 14.4. The Morgan fingerprint density at radius 2 is 2.14 bits per heavy atom. The monoisotopic (exact) mass is 323 g/mol. The predicted molar refractivity (Wildman–Crippen MR) is 88.7 cm³/mol. The fourth-order valence-corrected chi connectivity index (χ4v) is 4.03. The van der Waals surface area contributed by atoms with Gasteiger partial charge in [-0.1, -0.05) is 19.8 Å². The summed E-state index contributed by atoms with van der Waals surface area (Å²) < 4.78 is 0. The van der Waals surface area contributed by atoms with E-state index in [0.29, 0.717) is 11.7 Å². The maximum atomic E-state index is 11.8. The van der Waals surface area contributed by atoms with Crippen molar-refractivity contribution in [3.8, 4) is 6.19 Å². The minimum atomic E-state index is -0.606. The smallest absolute Gasteiger partial charge is 0.245 e. The zero-order valence-electron chi connectivity index (χ0n) is 13.6. The highest BCUT2D eigenvalue weighted by molar-refractivity contribution is 7.80. The molecule has 2 aliphatic rings. The van der Waals surface area contributed by atoms with E-state index in [1.54, 1.807) is 0 Å². The van der Waals surface area contributed by atoms with Crippen molar-refractivity contribution in [2.45, 2.75) is 57.7 Å². The van der Waals surface area contributed by atoms with Gasteiger partial charge in [0.15, 0.2) is 11.3 Å². The Morgan fingerprint density at radius 1 is 1.41 bits per heavy atom. The molecule has 0 aromatic carbocycles. The normalized spacial score (nSPS) is 27.7. The molecule has 122 valence electrons. The lowest BCUT2D eigenvalue weighted by atomic mass is 9.78. The number of nitrogens with one attached hydrogen (secondary N) is 2. The van der Waals surface area contributed by atoms with Gasteiger partial charge in [0.1, 0.15) is 12.2 Å². The van der Waals surface area contributed by atoms with E-state index in [4.69, 9.17) is 12.2 Å². The number of hydrogen-bond donors (Lipinski definition) is 2. The molecule has 0 aromatic heterocycles. The molecule has 2 heterocycles. The molecule has 0 spiro atoms. The van der Waals surface area contributed by atoms with Crippen molar-refractivity contribution in [3.05, 3.63) is 0 Å². The summed E-state index contributed by atoms with van der Waals surface area (Å²) in [6.07, 6.45) is 6.34. The molecule has 0 aliphatic carbocycles. The van der Waals surface area contributed by atoms with Gasteiger partial charge in [-0.25, -0.2) is 0 Å². The molecule has 2 fully saturated rings. The molecular weight excluding hydrogens is 298 g/mol. The largest absolute Gasteiger partial charge is 0.314 e. The fourth-order valence-electron chi connectivity index (χ4n) is 3.70. The van der Waals surface area contributed by atoms with Crippen LogP contribution in [0.25, 0.3) is 0 Å². The van der Waals surface area contributed by atoms with Crippen molar-refractivity contribution in [1.29, 1.82) is 5.26 Å². The summed E-state index contributed by atoms with van der Waals surface area (Å²) in [5.74, 6) is -0.0980. The summed E-state index contributed by atoms with van der Waals surface area (Å²) >= 11 is 5.38. The van der Waals surface area contributed by atoms with Crippen LogP contribution in [0.5, 0.6) is 0 Å². The summed E-state index contributed by atoms with van der Waals surface area (Å²) in [7, 11) is 0. The minimum absolute atomic E-state index is 0.0980. The summed E-state index contributed by atoms with van der Waals surface area (Å²) in [5.41, 5.74) is -0.962. The van der Waals surface area contributed by atoms with Gasteiger partial charge in [-0.15, -0.1) is 0 Å². The van der Waals surface area contributed by atoms with Crippen LogP contribution in [0.2, 0.25) is 0 Å². The molecule has 0 saturated carbocycles. The number of carbonyl (C=O) groups is 1. The first-order valence-electron chi connectivity index (χ1n) is 7.93. The number of hydrogen-bond acceptors (Lipinski definition) is 5. The molecule has 6 nitrogen and oxygen atoms in total. The average Bonchev–Trinajstić information content (AvgIpc) is 2.79. The lowest BCUT2D eigenvalue weighted by Crippen LogP contribution is -2.78. The Labute approximate surface area is 137 Å². The maximum Gasteiger partial charge on any atom is 0.245 e. The van der Waals surface area contributed by atoms with E-state index >= 15 is 0 Å². The molecule has 22 heavy (non-hydrogen) atoms. The van der Waals surface area contributed by atoms with E-state index in [1.165, 1.54) is 0 Å². The van der Waals surface area contributed by atoms with Crippen LogP contribution < -0.4 is 10.6 Å².